The van der Waals surface area contributed by atoms with E-state index in [4.69, 9.17) is 9.84 Å². The van der Waals surface area contributed by atoms with Crippen LogP contribution in [0.5, 0.6) is 0 Å². The zero-order valence-corrected chi connectivity index (χ0v) is 18.5. The molecule has 8 nitrogen and oxygen atoms in total. The number of aryl methyl sites for hydroxylation is 2. The van der Waals surface area contributed by atoms with Gasteiger partial charge < -0.3 is 9.64 Å². The molecule has 0 unspecified atom stereocenters. The van der Waals surface area contributed by atoms with E-state index in [1.54, 1.807) is 0 Å². The molecule has 1 saturated heterocycles. The number of nitrogens with one attached hydrogen (secondary N) is 1. The first-order valence-electron chi connectivity index (χ1n) is 10.7. The van der Waals surface area contributed by atoms with Gasteiger partial charge in [0.15, 0.2) is 0 Å². The Balaban J connectivity index is 1.40. The molecule has 4 rings (SSSR count). The number of fused-ring (bicyclic) bond motifs is 1. The molecule has 2 aromatic rings. The van der Waals surface area contributed by atoms with Gasteiger partial charge in [-0.1, -0.05) is 13.0 Å². The number of rotatable bonds is 7. The van der Waals surface area contributed by atoms with Crippen molar-refractivity contribution in [1.82, 2.24) is 19.5 Å². The summed E-state index contributed by atoms with van der Waals surface area (Å²) in [5.41, 5.74) is 2.20. The molecule has 9 heteroatoms. The smallest absolute Gasteiger partial charge is 0.209 e. The van der Waals surface area contributed by atoms with Crippen molar-refractivity contribution in [1.29, 1.82) is 0 Å². The van der Waals surface area contributed by atoms with Gasteiger partial charge in [-0.15, -0.1) is 0 Å². The zero-order chi connectivity index (χ0) is 21.1. The maximum absolute atomic E-state index is 11.9. The van der Waals surface area contributed by atoms with E-state index in [1.807, 2.05) is 29.1 Å². The molecule has 1 fully saturated rings. The van der Waals surface area contributed by atoms with Gasteiger partial charge in [-0.3, -0.25) is 4.68 Å². The van der Waals surface area contributed by atoms with E-state index in [1.165, 1.54) is 6.26 Å². The lowest BCUT2D eigenvalue weighted by Gasteiger charge is -2.36. The van der Waals surface area contributed by atoms with Crippen LogP contribution in [0.3, 0.4) is 0 Å². The fraction of sp³-hybridized carbons (Fsp3) is 0.619. The van der Waals surface area contributed by atoms with E-state index >= 15 is 0 Å². The number of anilines is 1. The lowest BCUT2D eigenvalue weighted by Crippen LogP contribution is -2.47. The second kappa shape index (κ2) is 9.03. The van der Waals surface area contributed by atoms with Gasteiger partial charge in [-0.25, -0.2) is 18.1 Å². The first-order valence-corrected chi connectivity index (χ1v) is 12.6. The average Bonchev–Trinajstić information content (AvgIpc) is 3.16. The Labute approximate surface area is 178 Å². The summed E-state index contributed by atoms with van der Waals surface area (Å²) < 4.78 is 34.9. The fourth-order valence-electron chi connectivity index (χ4n) is 4.43. The van der Waals surface area contributed by atoms with E-state index in [0.717, 1.165) is 62.4 Å². The topological polar surface area (TPSA) is 89.3 Å². The van der Waals surface area contributed by atoms with Crippen molar-refractivity contribution < 1.29 is 13.2 Å². The van der Waals surface area contributed by atoms with Gasteiger partial charge in [-0.05, 0) is 50.3 Å². The van der Waals surface area contributed by atoms with Gasteiger partial charge in [0.25, 0.3) is 0 Å². The number of nitrogens with zero attached hydrogens (tertiary/aromatic N) is 4. The molecular weight excluding hydrogens is 402 g/mol. The van der Waals surface area contributed by atoms with Crippen LogP contribution in [0.25, 0.3) is 0 Å². The summed E-state index contributed by atoms with van der Waals surface area (Å²) in [5.74, 6) is 1.01. The molecule has 30 heavy (non-hydrogen) atoms. The van der Waals surface area contributed by atoms with Crippen LogP contribution in [0, 0.1) is 0 Å². The standard InChI is InChI=1S/C21H31N5O3S/c1-3-16-14-17-7-8-19(24-30(2,27)28)20(26(17)23-16)15-29-18-9-12-25(13-10-18)21-6-4-5-11-22-21/h4-6,11,14,18-20,24H,3,7-10,12-13,15H2,1-2H3/t19-,20-/m0/s1. The van der Waals surface area contributed by atoms with Crippen molar-refractivity contribution in [2.45, 2.75) is 57.2 Å². The van der Waals surface area contributed by atoms with Crippen molar-refractivity contribution in [3.63, 3.8) is 0 Å². The molecule has 2 aliphatic rings. The molecule has 0 spiro atoms. The molecular formula is C21H31N5O3S. The second-order valence-electron chi connectivity index (χ2n) is 8.24. The van der Waals surface area contributed by atoms with Crippen LogP contribution < -0.4 is 9.62 Å². The summed E-state index contributed by atoms with van der Waals surface area (Å²) in [6.45, 7) is 4.36. The first-order chi connectivity index (χ1) is 14.4. The maximum Gasteiger partial charge on any atom is 0.209 e. The lowest BCUT2D eigenvalue weighted by molar-refractivity contribution is 0.00606. The summed E-state index contributed by atoms with van der Waals surface area (Å²) >= 11 is 0. The molecule has 0 radical (unpaired) electrons. The summed E-state index contributed by atoms with van der Waals surface area (Å²) in [6, 6.07) is 7.78. The van der Waals surface area contributed by atoms with E-state index in [9.17, 15) is 8.42 Å². The van der Waals surface area contributed by atoms with Gasteiger partial charge >= 0.3 is 0 Å². The Morgan fingerprint density at radius 2 is 2.03 bits per heavy atom. The molecule has 0 aromatic carbocycles. The molecule has 0 aliphatic carbocycles. The molecule has 1 N–H and O–H groups in total. The highest BCUT2D eigenvalue weighted by Crippen LogP contribution is 2.28. The van der Waals surface area contributed by atoms with Gasteiger partial charge in [0.2, 0.25) is 10.0 Å². The van der Waals surface area contributed by atoms with Crippen molar-refractivity contribution >= 4 is 15.8 Å². The predicted molar refractivity (Wildman–Crippen MR) is 116 cm³/mol. The van der Waals surface area contributed by atoms with Crippen molar-refractivity contribution in [2.75, 3.05) is 30.9 Å². The van der Waals surface area contributed by atoms with Gasteiger partial charge in [-0.2, -0.15) is 5.10 Å². The zero-order valence-electron chi connectivity index (χ0n) is 17.7. The van der Waals surface area contributed by atoms with Crippen LogP contribution in [-0.4, -0.2) is 61.3 Å². The third-order valence-electron chi connectivity index (χ3n) is 6.00. The van der Waals surface area contributed by atoms with E-state index in [0.29, 0.717) is 6.61 Å². The summed E-state index contributed by atoms with van der Waals surface area (Å²) in [5, 5.41) is 4.73. The molecule has 2 aromatic heterocycles. The van der Waals surface area contributed by atoms with Crippen LogP contribution in [0.2, 0.25) is 0 Å². The minimum Gasteiger partial charge on any atom is -0.376 e. The molecule has 0 saturated carbocycles. The Morgan fingerprint density at radius 1 is 1.23 bits per heavy atom. The van der Waals surface area contributed by atoms with Crippen LogP contribution >= 0.6 is 0 Å². The summed E-state index contributed by atoms with van der Waals surface area (Å²) in [4.78, 5) is 6.72. The highest BCUT2D eigenvalue weighted by Gasteiger charge is 2.33. The number of pyridine rings is 1. The lowest BCUT2D eigenvalue weighted by atomic mass is 9.98. The number of hydrogen-bond acceptors (Lipinski definition) is 6. The average molecular weight is 434 g/mol. The van der Waals surface area contributed by atoms with Crippen molar-refractivity contribution in [3.05, 3.63) is 41.9 Å². The molecule has 4 heterocycles. The van der Waals surface area contributed by atoms with Crippen LogP contribution in [0.1, 0.15) is 43.6 Å². The van der Waals surface area contributed by atoms with E-state index in [2.05, 4.69) is 27.6 Å². The molecule has 2 aliphatic heterocycles. The molecule has 0 amide bonds. The molecule has 164 valence electrons. The van der Waals surface area contributed by atoms with Gasteiger partial charge in [0.1, 0.15) is 5.82 Å². The van der Waals surface area contributed by atoms with Crippen molar-refractivity contribution in [3.8, 4) is 0 Å². The van der Waals surface area contributed by atoms with Crippen LogP contribution in [-0.2, 0) is 27.6 Å². The number of aromatic nitrogens is 3. The van der Waals surface area contributed by atoms with Crippen LogP contribution in [0.15, 0.2) is 30.5 Å². The van der Waals surface area contributed by atoms with Crippen LogP contribution in [0.4, 0.5) is 5.82 Å². The summed E-state index contributed by atoms with van der Waals surface area (Å²) in [7, 11) is -3.30. The predicted octanol–water partition coefficient (Wildman–Crippen LogP) is 1.93. The normalized spacial score (nSPS) is 22.8. The van der Waals surface area contributed by atoms with Crippen molar-refractivity contribution in [2.24, 2.45) is 0 Å². The quantitative estimate of drug-likeness (QED) is 0.718. The first kappa shape index (κ1) is 21.3. The van der Waals surface area contributed by atoms with E-state index in [-0.39, 0.29) is 18.2 Å². The number of ether oxygens (including phenoxy) is 1. The fourth-order valence-corrected chi connectivity index (χ4v) is 5.25. The number of hydrogen-bond donors (Lipinski definition) is 1. The largest absolute Gasteiger partial charge is 0.376 e. The van der Waals surface area contributed by atoms with Gasteiger partial charge in [0, 0.05) is 31.0 Å². The molecule has 0 bridgehead atoms. The highest BCUT2D eigenvalue weighted by atomic mass is 32.2. The maximum atomic E-state index is 11.9. The van der Waals surface area contributed by atoms with E-state index < -0.39 is 10.0 Å². The highest BCUT2D eigenvalue weighted by molar-refractivity contribution is 7.88. The minimum atomic E-state index is -3.30. The van der Waals surface area contributed by atoms with Gasteiger partial charge in [0.05, 0.1) is 30.7 Å². The Bertz CT molecular complexity index is 939. The third kappa shape index (κ3) is 5.01. The SMILES string of the molecule is CCc1cc2n(n1)[C@@H](COC1CCN(c3ccccn3)CC1)[C@@H](NS(C)(=O)=O)CC2. The third-order valence-corrected chi connectivity index (χ3v) is 6.73. The minimum absolute atomic E-state index is 0.127. The Morgan fingerprint density at radius 3 is 2.70 bits per heavy atom. The number of sulfonamides is 1. The Kier molecular flexibility index (Phi) is 6.40. The monoisotopic (exact) mass is 433 g/mol. The summed E-state index contributed by atoms with van der Waals surface area (Å²) in [6.07, 6.45) is 7.50. The molecule has 2 atom stereocenters. The Hall–Kier alpha value is -1.97. The number of piperidine rings is 1. The second-order valence-corrected chi connectivity index (χ2v) is 10.0.